The van der Waals surface area contributed by atoms with E-state index in [-0.39, 0.29) is 87.8 Å². The Bertz CT molecular complexity index is 3380. The maximum atomic E-state index is 13.4. The van der Waals surface area contributed by atoms with E-state index in [1.807, 2.05) is 0 Å². The molecule has 0 bridgehead atoms. The summed E-state index contributed by atoms with van der Waals surface area (Å²) in [6.07, 6.45) is -0.506. The van der Waals surface area contributed by atoms with Crippen LogP contribution >= 0.6 is 0 Å². The maximum absolute atomic E-state index is 13.4. The number of benzene rings is 4. The van der Waals surface area contributed by atoms with Gasteiger partial charge >= 0.3 is 59.7 Å². The van der Waals surface area contributed by atoms with Crippen LogP contribution in [0.5, 0.6) is 11.5 Å². The van der Waals surface area contributed by atoms with E-state index in [4.69, 9.17) is 10.2 Å². The third-order valence-corrected chi connectivity index (χ3v) is 14.2. The molecule has 0 saturated heterocycles. The van der Waals surface area contributed by atoms with Gasteiger partial charge in [0.2, 0.25) is 11.8 Å². The van der Waals surface area contributed by atoms with E-state index >= 15 is 0 Å². The van der Waals surface area contributed by atoms with Gasteiger partial charge in [0.15, 0.2) is 0 Å². The average molecular weight is 1380 g/mol. The van der Waals surface area contributed by atoms with Crippen LogP contribution in [-0.4, -0.2) is 301 Å². The van der Waals surface area contributed by atoms with Gasteiger partial charge in [-0.05, 0) is 59.4 Å². The number of nitrogens with one attached hydrogen (secondary N) is 2. The number of aliphatic carboxylic acids is 10. The van der Waals surface area contributed by atoms with E-state index in [1.165, 1.54) is 107 Å². The van der Waals surface area contributed by atoms with Crippen LogP contribution in [0.3, 0.4) is 0 Å². The van der Waals surface area contributed by atoms with Crippen LogP contribution in [0.2, 0.25) is 0 Å². The third-order valence-electron chi connectivity index (χ3n) is 14.2. The van der Waals surface area contributed by atoms with Crippen molar-refractivity contribution in [1.29, 1.82) is 0 Å². The van der Waals surface area contributed by atoms with Crippen molar-refractivity contribution in [3.8, 4) is 11.5 Å². The van der Waals surface area contributed by atoms with Crippen molar-refractivity contribution in [3.63, 3.8) is 0 Å². The quantitative estimate of drug-likeness (QED) is 0.0177. The Kier molecular flexibility index (Phi) is 33.7. The van der Waals surface area contributed by atoms with Crippen LogP contribution in [-0.2, 0) is 83.2 Å². The number of nitrogens with zero attached hydrogens (tertiary/aromatic N) is 8. The lowest BCUT2D eigenvalue weighted by Gasteiger charge is -2.35. The van der Waals surface area contributed by atoms with Gasteiger partial charge in [-0.2, -0.15) is 0 Å². The summed E-state index contributed by atoms with van der Waals surface area (Å²) in [5.74, 6) is -15.5. The number of carbonyl (C=O) groups excluding carboxylic acids is 2. The molecule has 0 aromatic heterocycles. The van der Waals surface area contributed by atoms with Crippen LogP contribution in [0.25, 0.3) is 0 Å². The number of hydrogen-bond acceptors (Lipinski definition) is 24. The topological polar surface area (TPSA) is 577 Å². The first-order chi connectivity index (χ1) is 46.0. The summed E-state index contributed by atoms with van der Waals surface area (Å²) in [5, 5.41) is 141. The molecule has 98 heavy (non-hydrogen) atoms. The van der Waals surface area contributed by atoms with Crippen molar-refractivity contribution in [3.05, 3.63) is 140 Å². The number of nitro groups is 2. The standard InChI is InChI=1S/C39H46N6O16.C21H28N4O12/c46-29-9-3-25(4-10-29)16-31(38(56)57)40-33(48)19-43(22-36(52)53)14-13-42(21-35(50)51)18-28(15-24-1-7-27(8-2-24)45(60)61)44(23-37(54)55)20-34(49)41-32(39(58)59)17-26-5-11-30(47)12-6-26;26-17(27)9-22(5-6-23(10-18(28)29)11-19(30)31)8-16(24(12-20(32)33)13-21(34)35)7-14-1-3-15(4-2-14)25(36)37/h1-12,28,31-32,46-47H,13-23H2,(H,40,48)(H,41,49)(H,50,51)(H,52,53)(H,54,55)(H,56,57)(H,58,59);1-4,16H,5-13H2,(H,26,27)(H,28,29)(H,30,31)(H,32,33)(H,34,35). The molecule has 0 aliphatic carbocycles. The first-order valence-electron chi connectivity index (χ1n) is 29.2. The van der Waals surface area contributed by atoms with Gasteiger partial charge in [0.05, 0.1) is 75.3 Å². The Morgan fingerprint density at radius 3 is 0.867 bits per heavy atom. The Labute approximate surface area is 555 Å². The highest BCUT2D eigenvalue weighted by Gasteiger charge is 2.32. The molecule has 532 valence electrons. The fourth-order valence-electron chi connectivity index (χ4n) is 9.84. The third kappa shape index (κ3) is 32.7. The number of rotatable bonds is 46. The van der Waals surface area contributed by atoms with Gasteiger partial charge in [-0.15, -0.1) is 0 Å². The number of phenolic OH excluding ortho intramolecular Hbond substituents is 2. The summed E-state index contributed by atoms with van der Waals surface area (Å²) in [6, 6.07) is 16.6. The van der Waals surface area contributed by atoms with Crippen LogP contribution in [0.1, 0.15) is 22.3 Å². The van der Waals surface area contributed by atoms with Crippen molar-refractivity contribution >= 4 is 82.9 Å². The minimum atomic E-state index is -1.49. The van der Waals surface area contributed by atoms with E-state index in [1.54, 1.807) is 0 Å². The number of amides is 2. The first kappa shape index (κ1) is 80.9. The van der Waals surface area contributed by atoms with Gasteiger partial charge in [-0.1, -0.05) is 48.5 Å². The zero-order valence-electron chi connectivity index (χ0n) is 52.2. The number of phenols is 2. The predicted molar refractivity (Wildman–Crippen MR) is 334 cm³/mol. The lowest BCUT2D eigenvalue weighted by molar-refractivity contribution is -0.385. The van der Waals surface area contributed by atoms with Crippen molar-refractivity contribution in [1.82, 2.24) is 40.0 Å². The summed E-state index contributed by atoms with van der Waals surface area (Å²) in [7, 11) is 0. The molecule has 0 radical (unpaired) electrons. The summed E-state index contributed by atoms with van der Waals surface area (Å²) in [6.45, 7) is -8.19. The second-order valence-electron chi connectivity index (χ2n) is 22.1. The molecule has 0 spiro atoms. The van der Waals surface area contributed by atoms with Crippen molar-refractivity contribution in [2.45, 2.75) is 49.9 Å². The molecule has 4 aromatic rings. The summed E-state index contributed by atoms with van der Waals surface area (Å²) in [4.78, 5) is 171. The number of aromatic hydroxyl groups is 2. The fourth-order valence-corrected chi connectivity index (χ4v) is 9.84. The molecule has 0 heterocycles. The SMILES string of the molecule is O=C(O)CN(CCN(CC(=O)O)CC(Cc1ccc([N+](=O)[O-])cc1)N(CC(=O)O)CC(=O)NC(Cc1ccc(O)cc1)C(=O)O)CC(=O)NC(Cc1ccc(O)cc1)C(=O)O.O=C(O)CN(CCN(CC(=O)O)CC(Cc1ccc([N+](=O)[O-])cc1)N(CC(=O)O)CC(=O)O)CC(=O)O. The second-order valence-corrected chi connectivity index (χ2v) is 22.1. The fraction of sp³-hybridized carbons (Fsp3) is 0.400. The van der Waals surface area contributed by atoms with E-state index in [0.717, 1.165) is 19.6 Å². The summed E-state index contributed by atoms with van der Waals surface area (Å²) < 4.78 is 0. The molecule has 38 heteroatoms. The number of hydrogen-bond donors (Lipinski definition) is 14. The normalized spacial score (nSPS) is 12.4. The molecule has 4 aromatic carbocycles. The molecule has 4 unspecified atom stereocenters. The summed E-state index contributed by atoms with van der Waals surface area (Å²) in [5.41, 5.74) is 1.34. The van der Waals surface area contributed by atoms with Gasteiger partial charge in [0.25, 0.3) is 11.4 Å². The van der Waals surface area contributed by atoms with Crippen LogP contribution in [0, 0.1) is 20.2 Å². The lowest BCUT2D eigenvalue weighted by Crippen LogP contribution is -2.54. The number of carboxylic acid groups (broad SMARTS) is 10. The molecule has 4 atom stereocenters. The highest BCUT2D eigenvalue weighted by atomic mass is 16.6. The summed E-state index contributed by atoms with van der Waals surface area (Å²) >= 11 is 0. The average Bonchev–Trinajstić information content (AvgIpc) is 0.863. The molecule has 0 aliphatic rings. The zero-order valence-corrected chi connectivity index (χ0v) is 52.2. The molecule has 2 amide bonds. The minimum Gasteiger partial charge on any atom is -0.508 e. The predicted octanol–water partition coefficient (Wildman–Crippen LogP) is -1.46. The number of carboxylic acids is 10. The van der Waals surface area contributed by atoms with E-state index in [0.29, 0.717) is 22.3 Å². The number of non-ortho nitro benzene ring substituents is 2. The Hall–Kier alpha value is -11.3. The van der Waals surface area contributed by atoms with Gasteiger partial charge in [0, 0.05) is 88.5 Å². The van der Waals surface area contributed by atoms with Crippen molar-refractivity contribution < 1.29 is 129 Å². The Morgan fingerprint density at radius 2 is 0.582 bits per heavy atom. The van der Waals surface area contributed by atoms with E-state index in [9.17, 15) is 129 Å². The molecule has 14 N–H and O–H groups in total. The maximum Gasteiger partial charge on any atom is 0.326 e. The van der Waals surface area contributed by atoms with Crippen LogP contribution in [0.4, 0.5) is 11.4 Å². The minimum absolute atomic E-state index is 0.00262. The molecule has 0 saturated carbocycles. The highest BCUT2D eigenvalue weighted by molar-refractivity contribution is 5.86. The number of nitro benzene ring substituents is 2. The van der Waals surface area contributed by atoms with Crippen LogP contribution < -0.4 is 10.6 Å². The first-order valence-corrected chi connectivity index (χ1v) is 29.2. The monoisotopic (exact) mass is 1380 g/mol. The molecule has 38 nitrogen and oxygen atoms in total. The van der Waals surface area contributed by atoms with Gasteiger partial charge in [0.1, 0.15) is 23.6 Å². The largest absolute Gasteiger partial charge is 0.508 e. The van der Waals surface area contributed by atoms with Crippen molar-refractivity contribution in [2.24, 2.45) is 0 Å². The Balaban J connectivity index is 0.000000577. The Morgan fingerprint density at radius 1 is 0.337 bits per heavy atom. The molecular formula is C60H74N10O28. The van der Waals surface area contributed by atoms with Gasteiger partial charge in [-0.3, -0.25) is 97.6 Å². The zero-order chi connectivity index (χ0) is 73.3. The molecule has 0 fully saturated rings. The number of carbonyl (C=O) groups is 12. The van der Waals surface area contributed by atoms with Crippen LogP contribution in [0.15, 0.2) is 97.1 Å². The van der Waals surface area contributed by atoms with E-state index < -0.39 is 171 Å². The lowest BCUT2D eigenvalue weighted by atomic mass is 10.0. The van der Waals surface area contributed by atoms with E-state index in [2.05, 4.69) is 10.6 Å². The highest BCUT2D eigenvalue weighted by Crippen LogP contribution is 2.20. The van der Waals surface area contributed by atoms with Crippen molar-refractivity contribution in [2.75, 3.05) is 105 Å². The van der Waals surface area contributed by atoms with Gasteiger partial charge in [-0.25, -0.2) is 9.59 Å². The molecule has 4 rings (SSSR count). The second kappa shape index (κ2) is 40.8. The smallest absolute Gasteiger partial charge is 0.326 e. The molecular weight excluding hydrogens is 1310 g/mol. The van der Waals surface area contributed by atoms with Gasteiger partial charge < -0.3 is 71.9 Å². The molecule has 0 aliphatic heterocycles.